The molecule has 7 aromatic rings. The number of aromatic nitrogens is 2. The summed E-state index contributed by atoms with van der Waals surface area (Å²) < 4.78 is 2.47. The highest BCUT2D eigenvalue weighted by Gasteiger charge is 2.35. The van der Waals surface area contributed by atoms with Gasteiger partial charge < -0.3 is 4.57 Å². The summed E-state index contributed by atoms with van der Waals surface area (Å²) in [4.78, 5) is 4.55. The lowest BCUT2D eigenvalue weighted by Gasteiger charge is -2.35. The normalized spacial score (nSPS) is 13.7. The quantitative estimate of drug-likeness (QED) is 0.238. The van der Waals surface area contributed by atoms with Crippen LogP contribution in [0, 0.1) is 0 Å². The molecule has 8 rings (SSSR count). The summed E-state index contributed by atoms with van der Waals surface area (Å²) in [6.45, 7) is 4.72. The zero-order valence-corrected chi connectivity index (χ0v) is 21.4. The Labute approximate surface area is 221 Å². The Morgan fingerprint density at radius 2 is 1.42 bits per heavy atom. The molecule has 2 aromatic heterocycles. The van der Waals surface area contributed by atoms with Crippen LogP contribution in [-0.4, -0.2) is 9.55 Å². The van der Waals surface area contributed by atoms with Crippen molar-refractivity contribution in [3.05, 3.63) is 133 Å². The van der Waals surface area contributed by atoms with Gasteiger partial charge in [-0.1, -0.05) is 92.7 Å². The van der Waals surface area contributed by atoms with Crippen LogP contribution in [0.5, 0.6) is 0 Å². The molecule has 0 atom stereocenters. The van der Waals surface area contributed by atoms with E-state index in [1.165, 1.54) is 54.8 Å². The third kappa shape index (κ3) is 2.80. The number of hydrogen-bond acceptors (Lipinski definition) is 1. The molecule has 180 valence electrons. The first-order valence-corrected chi connectivity index (χ1v) is 13.2. The predicted molar refractivity (Wildman–Crippen MR) is 159 cm³/mol. The van der Waals surface area contributed by atoms with E-state index in [0.29, 0.717) is 0 Å². The van der Waals surface area contributed by atoms with Crippen LogP contribution in [0.2, 0.25) is 0 Å². The van der Waals surface area contributed by atoms with Gasteiger partial charge in [0, 0.05) is 39.2 Å². The van der Waals surface area contributed by atoms with Crippen molar-refractivity contribution < 1.29 is 0 Å². The van der Waals surface area contributed by atoms with Crippen LogP contribution in [0.4, 0.5) is 0 Å². The van der Waals surface area contributed by atoms with Crippen molar-refractivity contribution in [3.8, 4) is 28.1 Å². The maximum atomic E-state index is 4.55. The molecule has 38 heavy (non-hydrogen) atoms. The van der Waals surface area contributed by atoms with Crippen molar-refractivity contribution in [2.24, 2.45) is 0 Å². The lowest BCUT2D eigenvalue weighted by atomic mass is 9.68. The Balaban J connectivity index is 1.53. The number of nitrogens with zero attached hydrogens (tertiary/aromatic N) is 2. The summed E-state index contributed by atoms with van der Waals surface area (Å²) in [6.07, 6.45) is 1.85. The van der Waals surface area contributed by atoms with E-state index in [-0.39, 0.29) is 5.41 Å². The Morgan fingerprint density at radius 1 is 0.658 bits per heavy atom. The molecule has 2 heteroatoms. The van der Waals surface area contributed by atoms with E-state index in [1.54, 1.807) is 0 Å². The highest BCUT2D eigenvalue weighted by atomic mass is 15.0. The van der Waals surface area contributed by atoms with E-state index in [9.17, 15) is 0 Å². The maximum Gasteiger partial charge on any atom is 0.0701 e. The highest BCUT2D eigenvalue weighted by Crippen LogP contribution is 2.52. The van der Waals surface area contributed by atoms with Crippen LogP contribution in [0.3, 0.4) is 0 Å². The minimum Gasteiger partial charge on any atom is -0.309 e. The Kier molecular flexibility index (Phi) is 4.31. The van der Waals surface area contributed by atoms with Crippen LogP contribution >= 0.6 is 0 Å². The Hall–Kier alpha value is -4.69. The van der Waals surface area contributed by atoms with Gasteiger partial charge in [0.1, 0.15) is 0 Å². The van der Waals surface area contributed by atoms with Gasteiger partial charge >= 0.3 is 0 Å². The summed E-state index contributed by atoms with van der Waals surface area (Å²) in [5.74, 6) is 0. The largest absolute Gasteiger partial charge is 0.309 e. The summed E-state index contributed by atoms with van der Waals surface area (Å²) in [5.41, 5.74) is 11.2. The minimum absolute atomic E-state index is 0.0715. The van der Waals surface area contributed by atoms with E-state index in [1.807, 2.05) is 18.3 Å². The summed E-state index contributed by atoms with van der Waals surface area (Å²) in [7, 11) is 0. The van der Waals surface area contributed by atoms with Gasteiger partial charge in [-0.3, -0.25) is 4.98 Å². The number of benzene rings is 5. The molecule has 0 amide bonds. The topological polar surface area (TPSA) is 17.8 Å². The minimum atomic E-state index is -0.0715. The van der Waals surface area contributed by atoms with Gasteiger partial charge in [-0.05, 0) is 63.9 Å². The zero-order chi connectivity index (χ0) is 25.4. The van der Waals surface area contributed by atoms with E-state index in [4.69, 9.17) is 0 Å². The summed E-state index contributed by atoms with van der Waals surface area (Å²) >= 11 is 0. The van der Waals surface area contributed by atoms with Gasteiger partial charge in [-0.15, -0.1) is 0 Å². The predicted octanol–water partition coefficient (Wildman–Crippen LogP) is 9.31. The Morgan fingerprint density at radius 3 is 2.26 bits per heavy atom. The molecule has 1 aliphatic rings. The van der Waals surface area contributed by atoms with Gasteiger partial charge in [-0.25, -0.2) is 0 Å². The van der Waals surface area contributed by atoms with Crippen molar-refractivity contribution in [1.82, 2.24) is 9.55 Å². The van der Waals surface area contributed by atoms with E-state index in [0.717, 1.165) is 16.9 Å². The molecule has 0 spiro atoms. The molecule has 0 aliphatic heterocycles. The van der Waals surface area contributed by atoms with Crippen molar-refractivity contribution in [2.45, 2.75) is 19.3 Å². The zero-order valence-electron chi connectivity index (χ0n) is 21.4. The van der Waals surface area contributed by atoms with Gasteiger partial charge in [-0.2, -0.15) is 0 Å². The SMILES string of the molecule is CC1(C)c2ccccc2-c2c3c1cccc3cc1c3ccccc3n(-c3ccc(-c4ccccn4)cc3)c21. The van der Waals surface area contributed by atoms with E-state index in [2.05, 4.69) is 127 Å². The van der Waals surface area contributed by atoms with Crippen LogP contribution in [0.15, 0.2) is 121 Å². The number of pyridine rings is 1. The van der Waals surface area contributed by atoms with Crippen molar-refractivity contribution in [3.63, 3.8) is 0 Å². The van der Waals surface area contributed by atoms with Crippen molar-refractivity contribution >= 4 is 32.6 Å². The van der Waals surface area contributed by atoms with Gasteiger partial charge in [0.25, 0.3) is 0 Å². The fraction of sp³-hybridized carbons (Fsp3) is 0.0833. The molecule has 1 aliphatic carbocycles. The molecule has 0 N–H and O–H groups in total. The fourth-order valence-electron chi connectivity index (χ4n) is 6.66. The van der Waals surface area contributed by atoms with Crippen molar-refractivity contribution in [2.75, 3.05) is 0 Å². The number of para-hydroxylation sites is 1. The van der Waals surface area contributed by atoms with Crippen LogP contribution in [-0.2, 0) is 5.41 Å². The van der Waals surface area contributed by atoms with Crippen LogP contribution in [0.1, 0.15) is 25.0 Å². The molecule has 0 saturated carbocycles. The van der Waals surface area contributed by atoms with Gasteiger partial charge in [0.05, 0.1) is 16.7 Å². The molecule has 0 bridgehead atoms. The third-order valence-corrected chi connectivity index (χ3v) is 8.43. The molecule has 5 aromatic carbocycles. The first-order valence-electron chi connectivity index (χ1n) is 13.2. The van der Waals surface area contributed by atoms with E-state index < -0.39 is 0 Å². The lowest BCUT2D eigenvalue weighted by Crippen LogP contribution is -2.23. The van der Waals surface area contributed by atoms with Crippen LogP contribution < -0.4 is 0 Å². The molecule has 2 heterocycles. The number of hydrogen-bond donors (Lipinski definition) is 0. The molecule has 0 fully saturated rings. The smallest absolute Gasteiger partial charge is 0.0701 e. The van der Waals surface area contributed by atoms with E-state index >= 15 is 0 Å². The monoisotopic (exact) mass is 486 g/mol. The lowest BCUT2D eigenvalue weighted by molar-refractivity contribution is 0.645. The first-order chi connectivity index (χ1) is 18.6. The molecule has 0 radical (unpaired) electrons. The number of rotatable bonds is 2. The standard InChI is InChI=1S/C36H26N2/c1-36(2)29-13-5-3-12-27(29)34-33-24(10-9-14-30(33)36)22-28-26-11-4-6-16-32(26)38(35(28)34)25-19-17-23(18-20-25)31-15-7-8-21-37-31/h3-22H,1-2H3. The molecule has 0 unspecified atom stereocenters. The fourth-order valence-corrected chi connectivity index (χ4v) is 6.66. The molecular weight excluding hydrogens is 460 g/mol. The van der Waals surface area contributed by atoms with Gasteiger partial charge in [0.15, 0.2) is 0 Å². The summed E-state index contributed by atoms with van der Waals surface area (Å²) in [6, 6.07) is 41.9. The second-order valence-corrected chi connectivity index (χ2v) is 10.8. The third-order valence-electron chi connectivity index (χ3n) is 8.43. The second-order valence-electron chi connectivity index (χ2n) is 10.8. The summed E-state index contributed by atoms with van der Waals surface area (Å²) in [5, 5.41) is 5.25. The number of fused-ring (bicyclic) bond motifs is 6. The average Bonchev–Trinajstić information content (AvgIpc) is 3.30. The molecular formula is C36H26N2. The van der Waals surface area contributed by atoms with Gasteiger partial charge in [0.2, 0.25) is 0 Å². The molecule has 2 nitrogen and oxygen atoms in total. The average molecular weight is 487 g/mol. The van der Waals surface area contributed by atoms with Crippen LogP contribution in [0.25, 0.3) is 60.6 Å². The second kappa shape index (κ2) is 7.66. The maximum absolute atomic E-state index is 4.55. The Bertz CT molecular complexity index is 2030. The first kappa shape index (κ1) is 21.4. The molecule has 0 saturated heterocycles. The van der Waals surface area contributed by atoms with Crippen molar-refractivity contribution in [1.29, 1.82) is 0 Å². The highest BCUT2D eigenvalue weighted by molar-refractivity contribution is 6.23.